The second kappa shape index (κ2) is 4.91. The maximum atomic E-state index is 12.6. The summed E-state index contributed by atoms with van der Waals surface area (Å²) in [6.45, 7) is 0. The molecule has 0 aromatic heterocycles. The number of para-hydroxylation sites is 1. The monoisotopic (exact) mass is 291 g/mol. The van der Waals surface area contributed by atoms with Gasteiger partial charge in [-0.15, -0.1) is 0 Å². The smallest absolute Gasteiger partial charge is 0.377 e. The van der Waals surface area contributed by atoms with Crippen LogP contribution in [0.3, 0.4) is 0 Å². The van der Waals surface area contributed by atoms with E-state index in [-0.39, 0.29) is 18.2 Å². The number of rotatable bonds is 1. The fourth-order valence-corrected chi connectivity index (χ4v) is 2.49. The summed E-state index contributed by atoms with van der Waals surface area (Å²) >= 11 is 0. The van der Waals surface area contributed by atoms with E-state index in [1.807, 2.05) is 6.07 Å². The van der Waals surface area contributed by atoms with E-state index >= 15 is 0 Å². The first kappa shape index (κ1) is 13.7. The molecule has 3 rings (SSSR count). The number of anilines is 1. The minimum atomic E-state index is -4.35. The number of hydrogen-bond acceptors (Lipinski definition) is 2. The lowest BCUT2D eigenvalue weighted by molar-refractivity contribution is -0.137. The first-order chi connectivity index (χ1) is 9.95. The van der Waals surface area contributed by atoms with Crippen molar-refractivity contribution in [3.63, 3.8) is 0 Å². The van der Waals surface area contributed by atoms with Gasteiger partial charge in [-0.1, -0.05) is 24.3 Å². The Morgan fingerprint density at radius 1 is 1.00 bits per heavy atom. The summed E-state index contributed by atoms with van der Waals surface area (Å²) in [5.41, 5.74) is 1.33. The number of benzene rings is 2. The zero-order valence-electron chi connectivity index (χ0n) is 10.9. The summed E-state index contributed by atoms with van der Waals surface area (Å²) in [4.78, 5) is 12.1. The standard InChI is InChI=1S/C16H12F3NO/c17-16(18,19)11-7-5-10(6-8-11)14-9-15(21)12-3-1-2-4-13(12)20-14/h1-8,14,20H,9H2/t14-/m0/s1. The third kappa shape index (κ3) is 2.63. The van der Waals surface area contributed by atoms with Gasteiger partial charge in [-0.25, -0.2) is 0 Å². The molecule has 2 aromatic rings. The van der Waals surface area contributed by atoms with E-state index in [0.717, 1.165) is 17.8 Å². The molecule has 1 atom stereocenters. The lowest BCUT2D eigenvalue weighted by Gasteiger charge is -2.26. The van der Waals surface area contributed by atoms with Crippen LogP contribution in [-0.4, -0.2) is 5.78 Å². The highest BCUT2D eigenvalue weighted by Crippen LogP contribution is 2.34. The van der Waals surface area contributed by atoms with Crippen LogP contribution in [-0.2, 0) is 6.18 Å². The lowest BCUT2D eigenvalue weighted by atomic mass is 9.92. The van der Waals surface area contributed by atoms with Crippen LogP contribution >= 0.6 is 0 Å². The number of halogens is 3. The van der Waals surface area contributed by atoms with Crippen molar-refractivity contribution in [2.75, 3.05) is 5.32 Å². The van der Waals surface area contributed by atoms with Gasteiger partial charge in [0.1, 0.15) is 0 Å². The van der Waals surface area contributed by atoms with Crippen molar-refractivity contribution < 1.29 is 18.0 Å². The van der Waals surface area contributed by atoms with E-state index in [1.54, 1.807) is 18.2 Å². The highest BCUT2D eigenvalue weighted by Gasteiger charge is 2.31. The average molecular weight is 291 g/mol. The molecule has 0 spiro atoms. The molecule has 2 aromatic carbocycles. The molecule has 1 aliphatic heterocycles. The van der Waals surface area contributed by atoms with Gasteiger partial charge in [0.05, 0.1) is 11.6 Å². The maximum absolute atomic E-state index is 12.6. The van der Waals surface area contributed by atoms with Gasteiger partial charge in [-0.3, -0.25) is 4.79 Å². The zero-order chi connectivity index (χ0) is 15.0. The molecule has 1 N–H and O–H groups in total. The van der Waals surface area contributed by atoms with Gasteiger partial charge in [0.15, 0.2) is 5.78 Å². The predicted octanol–water partition coefficient (Wildman–Crippen LogP) is 4.45. The van der Waals surface area contributed by atoms with Crippen LogP contribution in [0, 0.1) is 0 Å². The van der Waals surface area contributed by atoms with Crippen LogP contribution in [0.2, 0.25) is 0 Å². The molecular weight excluding hydrogens is 279 g/mol. The van der Waals surface area contributed by atoms with E-state index < -0.39 is 11.7 Å². The summed E-state index contributed by atoms with van der Waals surface area (Å²) in [5.74, 6) is -0.00533. The highest BCUT2D eigenvalue weighted by molar-refractivity contribution is 6.03. The molecule has 2 nitrogen and oxygen atoms in total. The minimum Gasteiger partial charge on any atom is -0.377 e. The van der Waals surface area contributed by atoms with E-state index in [1.165, 1.54) is 12.1 Å². The first-order valence-corrected chi connectivity index (χ1v) is 6.51. The predicted molar refractivity (Wildman–Crippen MR) is 73.2 cm³/mol. The molecule has 0 unspecified atom stereocenters. The van der Waals surface area contributed by atoms with E-state index in [4.69, 9.17) is 0 Å². The molecule has 1 aliphatic rings. The fraction of sp³-hybridized carbons (Fsp3) is 0.188. The molecule has 5 heteroatoms. The molecule has 0 saturated carbocycles. The van der Waals surface area contributed by atoms with Crippen molar-refractivity contribution in [3.05, 3.63) is 65.2 Å². The second-order valence-electron chi connectivity index (χ2n) is 4.99. The van der Waals surface area contributed by atoms with Crippen molar-refractivity contribution in [2.24, 2.45) is 0 Å². The number of Topliss-reactive ketones (excluding diaryl/α,β-unsaturated/α-hetero) is 1. The first-order valence-electron chi connectivity index (χ1n) is 6.51. The van der Waals surface area contributed by atoms with Crippen molar-refractivity contribution in [3.8, 4) is 0 Å². The van der Waals surface area contributed by atoms with E-state index in [9.17, 15) is 18.0 Å². The fourth-order valence-electron chi connectivity index (χ4n) is 2.49. The number of carbonyl (C=O) groups excluding carboxylic acids is 1. The molecule has 0 aliphatic carbocycles. The Hall–Kier alpha value is -2.30. The van der Waals surface area contributed by atoms with E-state index in [2.05, 4.69) is 5.32 Å². The molecule has 1 heterocycles. The average Bonchev–Trinajstić information content (AvgIpc) is 2.46. The second-order valence-corrected chi connectivity index (χ2v) is 4.99. The van der Waals surface area contributed by atoms with Crippen LogP contribution in [0.4, 0.5) is 18.9 Å². The van der Waals surface area contributed by atoms with Crippen molar-refractivity contribution in [1.82, 2.24) is 0 Å². The van der Waals surface area contributed by atoms with Crippen molar-refractivity contribution in [2.45, 2.75) is 18.6 Å². The number of fused-ring (bicyclic) bond motifs is 1. The molecule has 0 bridgehead atoms. The van der Waals surface area contributed by atoms with Crippen LogP contribution in [0.25, 0.3) is 0 Å². The Morgan fingerprint density at radius 3 is 2.33 bits per heavy atom. The quantitative estimate of drug-likeness (QED) is 0.841. The third-order valence-electron chi connectivity index (χ3n) is 3.59. The van der Waals surface area contributed by atoms with Gasteiger partial charge in [0.2, 0.25) is 0 Å². The van der Waals surface area contributed by atoms with Gasteiger partial charge in [0.25, 0.3) is 0 Å². The molecule has 21 heavy (non-hydrogen) atoms. The SMILES string of the molecule is O=C1C[C@@H](c2ccc(C(F)(F)F)cc2)Nc2ccccc21. The summed E-state index contributed by atoms with van der Waals surface area (Å²) in [6.07, 6.45) is -4.11. The largest absolute Gasteiger partial charge is 0.416 e. The number of hydrogen-bond donors (Lipinski definition) is 1. The van der Waals surface area contributed by atoms with Crippen molar-refractivity contribution >= 4 is 11.5 Å². The van der Waals surface area contributed by atoms with Gasteiger partial charge in [-0.2, -0.15) is 13.2 Å². The topological polar surface area (TPSA) is 29.1 Å². The molecule has 0 saturated heterocycles. The third-order valence-corrected chi connectivity index (χ3v) is 3.59. The Bertz CT molecular complexity index is 677. The van der Waals surface area contributed by atoms with Gasteiger partial charge >= 0.3 is 6.18 Å². The summed E-state index contributed by atoms with van der Waals surface area (Å²) in [6, 6.07) is 11.8. The summed E-state index contributed by atoms with van der Waals surface area (Å²) in [7, 11) is 0. The van der Waals surface area contributed by atoms with Gasteiger partial charge in [-0.05, 0) is 29.8 Å². The molecular formula is C16H12F3NO. The van der Waals surface area contributed by atoms with E-state index in [0.29, 0.717) is 11.1 Å². The maximum Gasteiger partial charge on any atom is 0.416 e. The lowest BCUT2D eigenvalue weighted by Crippen LogP contribution is -2.22. The normalized spacial score (nSPS) is 18.0. The molecule has 0 radical (unpaired) electrons. The van der Waals surface area contributed by atoms with Gasteiger partial charge in [0, 0.05) is 17.7 Å². The number of ketones is 1. The van der Waals surface area contributed by atoms with Crippen LogP contribution in [0.1, 0.15) is 33.9 Å². The number of nitrogens with one attached hydrogen (secondary N) is 1. The highest BCUT2D eigenvalue weighted by atomic mass is 19.4. The summed E-state index contributed by atoms with van der Waals surface area (Å²) < 4.78 is 37.7. The minimum absolute atomic E-state index is 0.00533. The summed E-state index contributed by atoms with van der Waals surface area (Å²) in [5, 5.41) is 3.20. The van der Waals surface area contributed by atoms with Crippen LogP contribution in [0.15, 0.2) is 48.5 Å². The van der Waals surface area contributed by atoms with Crippen molar-refractivity contribution in [1.29, 1.82) is 0 Å². The Balaban J connectivity index is 1.88. The van der Waals surface area contributed by atoms with Gasteiger partial charge < -0.3 is 5.32 Å². The molecule has 0 fully saturated rings. The number of carbonyl (C=O) groups is 1. The molecule has 108 valence electrons. The van der Waals surface area contributed by atoms with Crippen LogP contribution in [0.5, 0.6) is 0 Å². The Labute approximate surface area is 119 Å². The Kier molecular flexibility index (Phi) is 3.20. The Morgan fingerprint density at radius 2 is 1.67 bits per heavy atom. The number of alkyl halides is 3. The van der Waals surface area contributed by atoms with Crippen LogP contribution < -0.4 is 5.32 Å². The zero-order valence-corrected chi connectivity index (χ0v) is 10.9. The molecule has 0 amide bonds.